The minimum Gasteiger partial charge on any atom is -0.311 e. The molecule has 0 heterocycles. The highest BCUT2D eigenvalue weighted by Crippen LogP contribution is 2.36. The average molecular weight is 211 g/mol. The highest BCUT2D eigenvalue weighted by atomic mass is 15.0. The van der Waals surface area contributed by atoms with Crippen LogP contribution in [0.3, 0.4) is 0 Å². The molecule has 1 heteroatoms. The zero-order valence-corrected chi connectivity index (χ0v) is 10.8. The first-order valence-corrected chi connectivity index (χ1v) is 7.08. The summed E-state index contributed by atoms with van der Waals surface area (Å²) < 4.78 is 0. The Bertz CT molecular complexity index is 149. The van der Waals surface area contributed by atoms with E-state index < -0.39 is 0 Å². The van der Waals surface area contributed by atoms with Crippen molar-refractivity contribution in [2.24, 2.45) is 0 Å². The largest absolute Gasteiger partial charge is 0.311 e. The van der Waals surface area contributed by atoms with Crippen molar-refractivity contribution in [3.8, 4) is 0 Å². The zero-order chi connectivity index (χ0) is 11.0. The van der Waals surface area contributed by atoms with Crippen LogP contribution in [0.15, 0.2) is 0 Å². The predicted octanol–water partition coefficient (Wildman–Crippen LogP) is 4.27. The van der Waals surface area contributed by atoms with Crippen molar-refractivity contribution >= 4 is 0 Å². The van der Waals surface area contributed by atoms with Gasteiger partial charge in [0, 0.05) is 5.54 Å². The van der Waals surface area contributed by atoms with Crippen LogP contribution in [0.4, 0.5) is 0 Å². The summed E-state index contributed by atoms with van der Waals surface area (Å²) in [6.45, 7) is 5.83. The molecule has 0 radical (unpaired) electrons. The van der Waals surface area contributed by atoms with Gasteiger partial charge >= 0.3 is 0 Å². The second kappa shape index (κ2) is 7.27. The maximum absolute atomic E-state index is 3.83. The van der Waals surface area contributed by atoms with E-state index in [-0.39, 0.29) is 0 Å². The molecule has 1 saturated carbocycles. The van der Waals surface area contributed by atoms with E-state index >= 15 is 0 Å². The fraction of sp³-hybridized carbons (Fsp3) is 1.00. The number of hydrogen-bond donors (Lipinski definition) is 1. The molecule has 0 bridgehead atoms. The summed E-state index contributed by atoms with van der Waals surface area (Å²) in [6.07, 6.45) is 14.0. The second-order valence-electron chi connectivity index (χ2n) is 5.22. The number of rotatable bonds is 9. The van der Waals surface area contributed by atoms with Crippen molar-refractivity contribution in [2.45, 2.75) is 83.6 Å². The Morgan fingerprint density at radius 3 is 2.20 bits per heavy atom. The van der Waals surface area contributed by atoms with Crippen LogP contribution < -0.4 is 5.32 Å². The quantitative estimate of drug-likeness (QED) is 0.562. The lowest BCUT2D eigenvalue weighted by molar-refractivity contribution is 0.166. The van der Waals surface area contributed by atoms with Crippen molar-refractivity contribution < 1.29 is 0 Å². The predicted molar refractivity (Wildman–Crippen MR) is 68.3 cm³/mol. The third kappa shape index (κ3) is 4.55. The fourth-order valence-electron chi connectivity index (χ4n) is 2.54. The summed E-state index contributed by atoms with van der Waals surface area (Å²) in [7, 11) is 0. The van der Waals surface area contributed by atoms with Gasteiger partial charge in [-0.05, 0) is 38.6 Å². The van der Waals surface area contributed by atoms with Gasteiger partial charge in [0.25, 0.3) is 0 Å². The van der Waals surface area contributed by atoms with Gasteiger partial charge in [-0.3, -0.25) is 0 Å². The van der Waals surface area contributed by atoms with E-state index in [2.05, 4.69) is 19.2 Å². The molecule has 1 aliphatic rings. The van der Waals surface area contributed by atoms with Gasteiger partial charge in [0.05, 0.1) is 0 Å². The minimum atomic E-state index is 0.572. The van der Waals surface area contributed by atoms with Gasteiger partial charge in [0.15, 0.2) is 0 Å². The molecule has 0 saturated heterocycles. The lowest BCUT2D eigenvalue weighted by atomic mass is 9.73. The molecule has 0 unspecified atom stereocenters. The van der Waals surface area contributed by atoms with Crippen LogP contribution in [0.1, 0.15) is 78.1 Å². The summed E-state index contributed by atoms with van der Waals surface area (Å²) in [5.74, 6) is 0. The van der Waals surface area contributed by atoms with Crippen molar-refractivity contribution in [3.63, 3.8) is 0 Å². The van der Waals surface area contributed by atoms with E-state index in [1.165, 1.54) is 70.8 Å². The third-order valence-corrected chi connectivity index (χ3v) is 3.85. The molecule has 0 spiro atoms. The van der Waals surface area contributed by atoms with E-state index in [1.54, 1.807) is 0 Å². The van der Waals surface area contributed by atoms with Crippen LogP contribution in [0, 0.1) is 0 Å². The van der Waals surface area contributed by atoms with Crippen molar-refractivity contribution in [3.05, 3.63) is 0 Å². The van der Waals surface area contributed by atoms with Crippen LogP contribution >= 0.6 is 0 Å². The molecular formula is C14H29N. The maximum atomic E-state index is 3.83. The molecule has 0 aromatic carbocycles. The average Bonchev–Trinajstić information content (AvgIpc) is 2.20. The van der Waals surface area contributed by atoms with Gasteiger partial charge in [-0.1, -0.05) is 46.0 Å². The van der Waals surface area contributed by atoms with Crippen LogP contribution in [0.2, 0.25) is 0 Å². The normalized spacial score (nSPS) is 18.8. The first-order chi connectivity index (χ1) is 7.33. The van der Waals surface area contributed by atoms with Gasteiger partial charge < -0.3 is 5.32 Å². The van der Waals surface area contributed by atoms with Crippen LogP contribution in [0.25, 0.3) is 0 Å². The lowest BCUT2D eigenvalue weighted by Gasteiger charge is -2.43. The van der Waals surface area contributed by atoms with Crippen LogP contribution in [-0.2, 0) is 0 Å². The highest BCUT2D eigenvalue weighted by molar-refractivity contribution is 4.95. The van der Waals surface area contributed by atoms with Gasteiger partial charge in [-0.25, -0.2) is 0 Å². The van der Waals surface area contributed by atoms with Crippen molar-refractivity contribution in [1.82, 2.24) is 5.32 Å². The molecule has 1 rings (SSSR count). The molecule has 1 nitrogen and oxygen atoms in total. The van der Waals surface area contributed by atoms with E-state index in [4.69, 9.17) is 0 Å². The smallest absolute Gasteiger partial charge is 0.0181 e. The van der Waals surface area contributed by atoms with Gasteiger partial charge in [0.2, 0.25) is 0 Å². The standard InChI is InChI=1S/C14H29N/c1-3-5-7-8-13-15-14(10-6-4-2)11-9-12-14/h15H,3-13H2,1-2H3. The minimum absolute atomic E-state index is 0.572. The Morgan fingerprint density at radius 2 is 1.67 bits per heavy atom. The van der Waals surface area contributed by atoms with Crippen LogP contribution in [0.5, 0.6) is 0 Å². The SMILES string of the molecule is CCCCCCNC1(CCCC)CCC1. The van der Waals surface area contributed by atoms with Crippen molar-refractivity contribution in [1.29, 1.82) is 0 Å². The molecule has 0 aromatic rings. The second-order valence-corrected chi connectivity index (χ2v) is 5.22. The van der Waals surface area contributed by atoms with E-state index in [1.807, 2.05) is 0 Å². The molecular weight excluding hydrogens is 182 g/mol. The Kier molecular flexibility index (Phi) is 6.31. The van der Waals surface area contributed by atoms with E-state index in [0.717, 1.165) is 0 Å². The zero-order valence-electron chi connectivity index (χ0n) is 10.8. The molecule has 1 aliphatic carbocycles. The van der Waals surface area contributed by atoms with E-state index in [9.17, 15) is 0 Å². The Balaban J connectivity index is 2.05. The Morgan fingerprint density at radius 1 is 0.933 bits per heavy atom. The van der Waals surface area contributed by atoms with E-state index in [0.29, 0.717) is 5.54 Å². The molecule has 0 amide bonds. The highest BCUT2D eigenvalue weighted by Gasteiger charge is 2.34. The summed E-state index contributed by atoms with van der Waals surface area (Å²) in [4.78, 5) is 0. The topological polar surface area (TPSA) is 12.0 Å². The molecule has 0 aromatic heterocycles. The van der Waals surface area contributed by atoms with Crippen molar-refractivity contribution in [2.75, 3.05) is 6.54 Å². The van der Waals surface area contributed by atoms with Gasteiger partial charge in [-0.2, -0.15) is 0 Å². The first-order valence-electron chi connectivity index (χ1n) is 7.08. The van der Waals surface area contributed by atoms with Gasteiger partial charge in [-0.15, -0.1) is 0 Å². The van der Waals surface area contributed by atoms with Gasteiger partial charge in [0.1, 0.15) is 0 Å². The summed E-state index contributed by atoms with van der Waals surface area (Å²) in [6, 6.07) is 0. The molecule has 15 heavy (non-hydrogen) atoms. The fourth-order valence-corrected chi connectivity index (χ4v) is 2.54. The number of unbranched alkanes of at least 4 members (excludes halogenated alkanes) is 4. The molecule has 0 aliphatic heterocycles. The molecule has 0 atom stereocenters. The molecule has 1 fully saturated rings. The molecule has 1 N–H and O–H groups in total. The monoisotopic (exact) mass is 211 g/mol. The first kappa shape index (κ1) is 13.0. The van der Waals surface area contributed by atoms with Crippen LogP contribution in [-0.4, -0.2) is 12.1 Å². The third-order valence-electron chi connectivity index (χ3n) is 3.85. The summed E-state index contributed by atoms with van der Waals surface area (Å²) in [5, 5.41) is 3.83. The Hall–Kier alpha value is -0.0400. The number of nitrogens with one attached hydrogen (secondary N) is 1. The molecule has 90 valence electrons. The number of hydrogen-bond acceptors (Lipinski definition) is 1. The Labute approximate surface area is 96.0 Å². The summed E-state index contributed by atoms with van der Waals surface area (Å²) >= 11 is 0. The lowest BCUT2D eigenvalue weighted by Crippen LogP contribution is -2.51. The summed E-state index contributed by atoms with van der Waals surface area (Å²) in [5.41, 5.74) is 0.572. The maximum Gasteiger partial charge on any atom is 0.0181 e.